The van der Waals surface area contributed by atoms with Crippen LogP contribution in [0.4, 0.5) is 5.69 Å². The van der Waals surface area contributed by atoms with Gasteiger partial charge in [-0.3, -0.25) is 13.9 Å². The number of benzene rings is 2. The van der Waals surface area contributed by atoms with E-state index in [9.17, 15) is 18.0 Å². The Labute approximate surface area is 215 Å². The molecule has 0 bridgehead atoms. The topological polar surface area (TPSA) is 96.0 Å². The zero-order chi connectivity index (χ0) is 26.7. The fraction of sp³-hybridized carbons (Fsp3) is 0.481. The first-order valence-corrected chi connectivity index (χ1v) is 14.3. The van der Waals surface area contributed by atoms with Crippen molar-refractivity contribution in [1.29, 1.82) is 0 Å². The summed E-state index contributed by atoms with van der Waals surface area (Å²) in [5, 5.41) is 2.95. The molecule has 0 fully saturated rings. The molecule has 0 saturated carbocycles. The van der Waals surface area contributed by atoms with Gasteiger partial charge in [0.25, 0.3) is 0 Å². The van der Waals surface area contributed by atoms with Crippen LogP contribution in [0, 0.1) is 0 Å². The standard InChI is InChI=1S/C27H39N3O5S/c1-6-21(3)28-27(32)22(4)29(20-23-14-9-8-10-15-23)26(31)18-13-19-30(36(5,33)34)24-16-11-12-17-25(24)35-7-2/h8-12,14-17,21-22H,6-7,13,18-20H2,1-5H3,(H,28,32)/t21-,22+/m0/s1. The van der Waals surface area contributed by atoms with Gasteiger partial charge >= 0.3 is 0 Å². The Kier molecular flexibility index (Phi) is 11.2. The SMILES string of the molecule is CCOc1ccccc1N(CCCC(=O)N(Cc1ccccc1)[C@H](C)C(=O)N[C@@H](C)CC)S(C)(=O)=O. The summed E-state index contributed by atoms with van der Waals surface area (Å²) in [5.41, 5.74) is 1.36. The van der Waals surface area contributed by atoms with Crippen LogP contribution >= 0.6 is 0 Å². The summed E-state index contributed by atoms with van der Waals surface area (Å²) in [4.78, 5) is 27.7. The van der Waals surface area contributed by atoms with Crippen molar-refractivity contribution in [3.63, 3.8) is 0 Å². The number of anilines is 1. The summed E-state index contributed by atoms with van der Waals surface area (Å²) < 4.78 is 32.1. The second kappa shape index (κ2) is 13.9. The molecule has 0 aliphatic rings. The molecule has 8 nitrogen and oxygen atoms in total. The fourth-order valence-corrected chi connectivity index (χ4v) is 4.72. The molecule has 0 aliphatic heterocycles. The van der Waals surface area contributed by atoms with Crippen LogP contribution < -0.4 is 14.4 Å². The van der Waals surface area contributed by atoms with Gasteiger partial charge in [0.1, 0.15) is 11.8 Å². The highest BCUT2D eigenvalue weighted by atomic mass is 32.2. The average molecular weight is 518 g/mol. The number of hydrogen-bond donors (Lipinski definition) is 1. The van der Waals surface area contributed by atoms with Gasteiger partial charge in [0.2, 0.25) is 21.8 Å². The monoisotopic (exact) mass is 517 g/mol. The molecule has 0 spiro atoms. The molecular formula is C27H39N3O5S. The van der Waals surface area contributed by atoms with E-state index in [4.69, 9.17) is 4.74 Å². The lowest BCUT2D eigenvalue weighted by atomic mass is 10.1. The van der Waals surface area contributed by atoms with Gasteiger partial charge in [-0.25, -0.2) is 8.42 Å². The number of nitrogens with zero attached hydrogens (tertiary/aromatic N) is 2. The van der Waals surface area contributed by atoms with Gasteiger partial charge in [0, 0.05) is 25.6 Å². The maximum absolute atomic E-state index is 13.3. The lowest BCUT2D eigenvalue weighted by Crippen LogP contribution is -2.49. The third kappa shape index (κ3) is 8.55. The van der Waals surface area contributed by atoms with Crippen molar-refractivity contribution in [2.24, 2.45) is 0 Å². The Hall–Kier alpha value is -3.07. The van der Waals surface area contributed by atoms with Crippen molar-refractivity contribution >= 4 is 27.5 Å². The molecule has 0 unspecified atom stereocenters. The molecule has 0 aliphatic carbocycles. The van der Waals surface area contributed by atoms with Crippen LogP contribution in [0.15, 0.2) is 54.6 Å². The highest BCUT2D eigenvalue weighted by Crippen LogP contribution is 2.30. The molecular weight excluding hydrogens is 478 g/mol. The summed E-state index contributed by atoms with van der Waals surface area (Å²) in [6.45, 7) is 8.27. The van der Waals surface area contributed by atoms with E-state index >= 15 is 0 Å². The number of amides is 2. The Morgan fingerprint density at radius 3 is 2.25 bits per heavy atom. The van der Waals surface area contributed by atoms with Crippen LogP contribution in [-0.2, 0) is 26.2 Å². The number of carbonyl (C=O) groups excluding carboxylic acids is 2. The van der Waals surface area contributed by atoms with Crippen molar-refractivity contribution in [2.45, 2.75) is 65.6 Å². The van der Waals surface area contributed by atoms with Crippen molar-refractivity contribution in [2.75, 3.05) is 23.7 Å². The van der Waals surface area contributed by atoms with E-state index in [2.05, 4.69) is 5.32 Å². The molecule has 2 amide bonds. The van der Waals surface area contributed by atoms with E-state index in [1.54, 1.807) is 36.1 Å². The number of ether oxygens (including phenoxy) is 1. The van der Waals surface area contributed by atoms with E-state index in [1.165, 1.54) is 4.31 Å². The van der Waals surface area contributed by atoms with Crippen LogP contribution in [0.2, 0.25) is 0 Å². The lowest BCUT2D eigenvalue weighted by Gasteiger charge is -2.30. The molecule has 198 valence electrons. The quantitative estimate of drug-likeness (QED) is 0.409. The first kappa shape index (κ1) is 29.2. The second-order valence-electron chi connectivity index (χ2n) is 8.84. The number of nitrogens with one attached hydrogen (secondary N) is 1. The molecule has 1 N–H and O–H groups in total. The van der Waals surface area contributed by atoms with Crippen LogP contribution in [0.5, 0.6) is 5.75 Å². The van der Waals surface area contributed by atoms with Gasteiger partial charge in [0.15, 0.2) is 0 Å². The van der Waals surface area contributed by atoms with Crippen molar-refractivity contribution in [3.8, 4) is 5.75 Å². The van der Waals surface area contributed by atoms with E-state index < -0.39 is 16.1 Å². The minimum atomic E-state index is -3.61. The van der Waals surface area contributed by atoms with Crippen LogP contribution in [0.1, 0.15) is 52.5 Å². The first-order valence-electron chi connectivity index (χ1n) is 12.4. The Morgan fingerprint density at radius 2 is 1.64 bits per heavy atom. The van der Waals surface area contributed by atoms with Gasteiger partial charge in [0.05, 0.1) is 18.6 Å². The van der Waals surface area contributed by atoms with Gasteiger partial charge in [-0.2, -0.15) is 0 Å². The van der Waals surface area contributed by atoms with Crippen molar-refractivity contribution in [3.05, 3.63) is 60.2 Å². The van der Waals surface area contributed by atoms with Gasteiger partial charge in [-0.1, -0.05) is 49.4 Å². The molecule has 2 aromatic carbocycles. The maximum atomic E-state index is 13.3. The smallest absolute Gasteiger partial charge is 0.242 e. The average Bonchev–Trinajstić information content (AvgIpc) is 2.85. The molecule has 2 rings (SSSR count). The Balaban J connectivity index is 2.18. The third-order valence-electron chi connectivity index (χ3n) is 5.95. The predicted octanol–water partition coefficient (Wildman–Crippen LogP) is 3.96. The summed E-state index contributed by atoms with van der Waals surface area (Å²) >= 11 is 0. The first-order chi connectivity index (χ1) is 17.1. The van der Waals surface area contributed by atoms with Gasteiger partial charge in [-0.15, -0.1) is 0 Å². The largest absolute Gasteiger partial charge is 0.492 e. The highest BCUT2D eigenvalue weighted by Gasteiger charge is 2.27. The minimum Gasteiger partial charge on any atom is -0.492 e. The summed E-state index contributed by atoms with van der Waals surface area (Å²) in [5.74, 6) is 0.0482. The van der Waals surface area contributed by atoms with Gasteiger partial charge in [-0.05, 0) is 51.3 Å². The van der Waals surface area contributed by atoms with E-state index in [-0.39, 0.29) is 43.8 Å². The molecule has 2 atom stereocenters. The molecule has 2 aromatic rings. The molecule has 0 radical (unpaired) electrons. The van der Waals surface area contributed by atoms with E-state index in [1.807, 2.05) is 51.1 Å². The van der Waals surface area contributed by atoms with Crippen molar-refractivity contribution < 1.29 is 22.7 Å². The zero-order valence-corrected chi connectivity index (χ0v) is 22.8. The number of rotatable bonds is 14. The molecule has 9 heteroatoms. The Morgan fingerprint density at radius 1 is 1.00 bits per heavy atom. The summed E-state index contributed by atoms with van der Waals surface area (Å²) in [6.07, 6.45) is 2.31. The van der Waals surface area contributed by atoms with E-state index in [0.29, 0.717) is 18.0 Å². The van der Waals surface area contributed by atoms with E-state index in [0.717, 1.165) is 18.2 Å². The number of sulfonamides is 1. The minimum absolute atomic E-state index is 0.00218. The fourth-order valence-electron chi connectivity index (χ4n) is 3.75. The predicted molar refractivity (Wildman–Crippen MR) is 143 cm³/mol. The number of hydrogen-bond acceptors (Lipinski definition) is 5. The van der Waals surface area contributed by atoms with Crippen LogP contribution in [-0.4, -0.2) is 56.6 Å². The van der Waals surface area contributed by atoms with Crippen LogP contribution in [0.3, 0.4) is 0 Å². The summed E-state index contributed by atoms with van der Waals surface area (Å²) in [6, 6.07) is 15.8. The maximum Gasteiger partial charge on any atom is 0.242 e. The second-order valence-corrected chi connectivity index (χ2v) is 10.7. The molecule has 36 heavy (non-hydrogen) atoms. The van der Waals surface area contributed by atoms with Crippen molar-refractivity contribution in [1.82, 2.24) is 10.2 Å². The normalized spacial score (nSPS) is 12.9. The number of carbonyl (C=O) groups is 2. The molecule has 0 saturated heterocycles. The van der Waals surface area contributed by atoms with Crippen LogP contribution in [0.25, 0.3) is 0 Å². The molecule has 0 heterocycles. The lowest BCUT2D eigenvalue weighted by molar-refractivity contribution is -0.140. The highest BCUT2D eigenvalue weighted by molar-refractivity contribution is 7.92. The summed E-state index contributed by atoms with van der Waals surface area (Å²) in [7, 11) is -3.61. The third-order valence-corrected chi connectivity index (χ3v) is 7.13. The number of para-hydroxylation sites is 2. The zero-order valence-electron chi connectivity index (χ0n) is 21.9. The molecule has 0 aromatic heterocycles. The Bertz CT molecular complexity index is 1090. The van der Waals surface area contributed by atoms with Gasteiger partial charge < -0.3 is 15.0 Å².